The van der Waals surface area contributed by atoms with Gasteiger partial charge >= 0.3 is 6.18 Å². The third kappa shape index (κ3) is 5.00. The van der Waals surface area contributed by atoms with Gasteiger partial charge in [-0.05, 0) is 37.0 Å². The first kappa shape index (κ1) is 15.1. The molecule has 0 atom stereocenters. The smallest absolute Gasteiger partial charge is 0.370 e. The molecule has 1 aliphatic rings. The molecule has 1 heterocycles. The quantitative estimate of drug-likeness (QED) is 0.832. The first-order valence-electron chi connectivity index (χ1n) is 6.97. The van der Waals surface area contributed by atoms with Crippen molar-refractivity contribution in [3.8, 4) is 0 Å². The van der Waals surface area contributed by atoms with Crippen LogP contribution in [0.3, 0.4) is 0 Å². The van der Waals surface area contributed by atoms with E-state index in [9.17, 15) is 13.2 Å². The minimum atomic E-state index is -4.14. The third-order valence-corrected chi connectivity index (χ3v) is 3.21. The lowest BCUT2D eigenvalue weighted by molar-refractivity contribution is -0.148. The molecule has 0 radical (unpaired) electrons. The summed E-state index contributed by atoms with van der Waals surface area (Å²) in [4.78, 5) is 5.68. The number of hydrogen-bond acceptors (Lipinski definition) is 3. The van der Waals surface area contributed by atoms with Gasteiger partial charge in [0.1, 0.15) is 5.82 Å². The van der Waals surface area contributed by atoms with Gasteiger partial charge in [-0.2, -0.15) is 13.2 Å². The average molecular weight is 287 g/mol. The Morgan fingerprint density at radius 3 is 2.75 bits per heavy atom. The predicted molar refractivity (Wildman–Crippen MR) is 72.5 cm³/mol. The van der Waals surface area contributed by atoms with E-state index < -0.39 is 12.7 Å². The van der Waals surface area contributed by atoms with Gasteiger partial charge in [-0.25, -0.2) is 4.98 Å². The minimum Gasteiger partial charge on any atom is -0.370 e. The predicted octanol–water partition coefficient (Wildman–Crippen LogP) is 3.43. The summed E-state index contributed by atoms with van der Waals surface area (Å²) in [5.41, 5.74) is 0.870. The Labute approximate surface area is 117 Å². The Morgan fingerprint density at radius 1 is 1.40 bits per heavy atom. The number of alkyl halides is 3. The normalized spacial score (nSPS) is 15.7. The number of nitrogens with one attached hydrogen (secondary N) is 1. The summed E-state index contributed by atoms with van der Waals surface area (Å²) in [5, 5.41) is 3.15. The molecule has 0 bridgehead atoms. The molecule has 1 saturated carbocycles. The summed E-state index contributed by atoms with van der Waals surface area (Å²) >= 11 is 0. The molecular weight excluding hydrogens is 267 g/mol. The fraction of sp³-hybridized carbons (Fsp3) is 0.643. The van der Waals surface area contributed by atoms with Gasteiger partial charge in [0.15, 0.2) is 0 Å². The van der Waals surface area contributed by atoms with Crippen LogP contribution in [0, 0.1) is 0 Å². The maximum absolute atomic E-state index is 12.6. The number of anilines is 1. The van der Waals surface area contributed by atoms with E-state index in [0.717, 1.165) is 37.2 Å². The van der Waals surface area contributed by atoms with Crippen LogP contribution in [0.2, 0.25) is 0 Å². The molecule has 1 fully saturated rings. The van der Waals surface area contributed by atoms with Crippen LogP contribution < -0.4 is 5.32 Å². The summed E-state index contributed by atoms with van der Waals surface area (Å²) in [6.07, 6.45) is 0.212. The first-order valence-corrected chi connectivity index (χ1v) is 6.97. The van der Waals surface area contributed by atoms with Crippen molar-refractivity contribution in [1.82, 2.24) is 9.88 Å². The summed E-state index contributed by atoms with van der Waals surface area (Å²) in [6, 6.07) is 3.70. The molecule has 1 aromatic heterocycles. The molecule has 0 aliphatic heterocycles. The summed E-state index contributed by atoms with van der Waals surface area (Å²) < 4.78 is 37.7. The topological polar surface area (TPSA) is 28.2 Å². The molecule has 0 saturated heterocycles. The van der Waals surface area contributed by atoms with Gasteiger partial charge in [-0.1, -0.05) is 6.92 Å². The van der Waals surface area contributed by atoms with Crippen LogP contribution in [0.15, 0.2) is 18.3 Å². The van der Waals surface area contributed by atoms with E-state index in [2.05, 4.69) is 17.2 Å². The SMILES string of the molecule is CCCNc1cc(CN(CC(F)(F)F)C2CC2)ccn1. The van der Waals surface area contributed by atoms with Crippen molar-refractivity contribution in [3.63, 3.8) is 0 Å². The van der Waals surface area contributed by atoms with E-state index in [1.54, 1.807) is 12.3 Å². The van der Waals surface area contributed by atoms with Gasteiger partial charge in [0.2, 0.25) is 0 Å². The van der Waals surface area contributed by atoms with Crippen LogP contribution in [0.25, 0.3) is 0 Å². The number of pyridine rings is 1. The molecule has 20 heavy (non-hydrogen) atoms. The van der Waals surface area contributed by atoms with Gasteiger partial charge in [-0.15, -0.1) is 0 Å². The van der Waals surface area contributed by atoms with Gasteiger partial charge < -0.3 is 5.32 Å². The lowest BCUT2D eigenvalue weighted by Crippen LogP contribution is -2.35. The molecule has 3 nitrogen and oxygen atoms in total. The maximum atomic E-state index is 12.6. The lowest BCUT2D eigenvalue weighted by Gasteiger charge is -2.23. The Hall–Kier alpha value is -1.30. The highest BCUT2D eigenvalue weighted by molar-refractivity contribution is 5.37. The van der Waals surface area contributed by atoms with Crippen molar-refractivity contribution >= 4 is 5.82 Å². The molecule has 2 rings (SSSR count). The van der Waals surface area contributed by atoms with E-state index >= 15 is 0 Å². The second-order valence-electron chi connectivity index (χ2n) is 5.23. The van der Waals surface area contributed by atoms with Crippen LogP contribution in [0.4, 0.5) is 19.0 Å². The van der Waals surface area contributed by atoms with E-state index in [1.165, 1.54) is 4.90 Å². The average Bonchev–Trinajstić information content (AvgIpc) is 3.18. The number of hydrogen-bond donors (Lipinski definition) is 1. The monoisotopic (exact) mass is 287 g/mol. The van der Waals surface area contributed by atoms with Crippen LogP contribution in [0.1, 0.15) is 31.7 Å². The molecule has 0 amide bonds. The zero-order chi connectivity index (χ0) is 14.6. The van der Waals surface area contributed by atoms with E-state index in [-0.39, 0.29) is 6.04 Å². The number of nitrogens with zero attached hydrogens (tertiary/aromatic N) is 2. The van der Waals surface area contributed by atoms with Gasteiger partial charge in [0, 0.05) is 25.3 Å². The molecule has 112 valence electrons. The second kappa shape index (κ2) is 6.43. The molecular formula is C14H20F3N3. The van der Waals surface area contributed by atoms with Crippen molar-refractivity contribution < 1.29 is 13.2 Å². The fourth-order valence-electron chi connectivity index (χ4n) is 2.14. The first-order chi connectivity index (χ1) is 9.48. The second-order valence-corrected chi connectivity index (χ2v) is 5.23. The number of halogens is 3. The molecule has 0 unspecified atom stereocenters. The van der Waals surface area contributed by atoms with Crippen LogP contribution in [0.5, 0.6) is 0 Å². The van der Waals surface area contributed by atoms with Crippen LogP contribution in [-0.2, 0) is 6.54 Å². The number of rotatable bonds is 7. The van der Waals surface area contributed by atoms with Crippen molar-refractivity contribution in [2.75, 3.05) is 18.4 Å². The van der Waals surface area contributed by atoms with Crippen molar-refractivity contribution in [2.24, 2.45) is 0 Å². The van der Waals surface area contributed by atoms with Crippen LogP contribution >= 0.6 is 0 Å². The lowest BCUT2D eigenvalue weighted by atomic mass is 10.2. The van der Waals surface area contributed by atoms with Crippen molar-refractivity contribution in [2.45, 2.75) is 44.9 Å². The summed E-state index contributed by atoms with van der Waals surface area (Å²) in [5.74, 6) is 0.729. The molecule has 1 aliphatic carbocycles. The zero-order valence-electron chi connectivity index (χ0n) is 11.6. The fourth-order valence-corrected chi connectivity index (χ4v) is 2.14. The molecule has 0 aromatic carbocycles. The highest BCUT2D eigenvalue weighted by Gasteiger charge is 2.37. The summed E-state index contributed by atoms with van der Waals surface area (Å²) in [7, 11) is 0. The molecule has 0 spiro atoms. The molecule has 6 heteroatoms. The van der Waals surface area contributed by atoms with E-state index in [1.807, 2.05) is 6.07 Å². The van der Waals surface area contributed by atoms with Crippen molar-refractivity contribution in [1.29, 1.82) is 0 Å². The number of aromatic nitrogens is 1. The van der Waals surface area contributed by atoms with Gasteiger partial charge in [-0.3, -0.25) is 4.90 Å². The zero-order valence-corrected chi connectivity index (χ0v) is 11.6. The molecule has 1 N–H and O–H groups in total. The highest BCUT2D eigenvalue weighted by Crippen LogP contribution is 2.31. The third-order valence-electron chi connectivity index (χ3n) is 3.21. The minimum absolute atomic E-state index is 0.0804. The Balaban J connectivity index is 1.99. The van der Waals surface area contributed by atoms with Crippen LogP contribution in [-0.4, -0.2) is 35.2 Å². The van der Waals surface area contributed by atoms with E-state index in [4.69, 9.17) is 0 Å². The Kier molecular flexibility index (Phi) is 4.86. The van der Waals surface area contributed by atoms with E-state index in [0.29, 0.717) is 6.54 Å². The van der Waals surface area contributed by atoms with Gasteiger partial charge in [0.25, 0.3) is 0 Å². The maximum Gasteiger partial charge on any atom is 0.401 e. The largest absolute Gasteiger partial charge is 0.401 e. The standard InChI is InChI=1S/C14H20F3N3/c1-2-6-18-13-8-11(5-7-19-13)9-20(12-3-4-12)10-14(15,16)17/h5,7-8,12H,2-4,6,9-10H2,1H3,(H,18,19). The Bertz CT molecular complexity index is 430. The Morgan fingerprint density at radius 2 is 2.15 bits per heavy atom. The van der Waals surface area contributed by atoms with Gasteiger partial charge in [0.05, 0.1) is 6.54 Å². The highest BCUT2D eigenvalue weighted by atomic mass is 19.4. The summed E-state index contributed by atoms with van der Waals surface area (Å²) in [6.45, 7) is 2.35. The van der Waals surface area contributed by atoms with Crippen molar-refractivity contribution in [3.05, 3.63) is 23.9 Å². The molecule has 1 aromatic rings.